The molecule has 1 fully saturated rings. The van der Waals surface area contributed by atoms with Crippen molar-refractivity contribution in [3.63, 3.8) is 0 Å². The van der Waals surface area contributed by atoms with Gasteiger partial charge in [-0.05, 0) is 32.1 Å². The molecular formula is C9H19NO. The van der Waals surface area contributed by atoms with E-state index in [2.05, 4.69) is 6.92 Å². The Bertz CT molecular complexity index is 99.7. The van der Waals surface area contributed by atoms with Gasteiger partial charge in [-0.1, -0.05) is 6.92 Å². The van der Waals surface area contributed by atoms with Gasteiger partial charge in [-0.2, -0.15) is 0 Å². The highest BCUT2D eigenvalue weighted by atomic mass is 16.5. The van der Waals surface area contributed by atoms with Crippen LogP contribution in [0, 0.1) is 0 Å². The molecule has 1 aliphatic heterocycles. The van der Waals surface area contributed by atoms with Gasteiger partial charge in [0.2, 0.25) is 0 Å². The van der Waals surface area contributed by atoms with Gasteiger partial charge in [-0.3, -0.25) is 0 Å². The fourth-order valence-corrected chi connectivity index (χ4v) is 1.48. The Morgan fingerprint density at radius 3 is 3.00 bits per heavy atom. The Labute approximate surface area is 69.1 Å². The van der Waals surface area contributed by atoms with E-state index in [1.165, 1.54) is 12.8 Å². The van der Waals surface area contributed by atoms with Gasteiger partial charge in [0.05, 0.1) is 6.10 Å². The smallest absolute Gasteiger partial charge is 0.0576 e. The minimum absolute atomic E-state index is 0.388. The molecule has 0 aliphatic carbocycles. The lowest BCUT2D eigenvalue weighted by molar-refractivity contribution is 0.101. The Kier molecular flexibility index (Phi) is 3.87. The Morgan fingerprint density at radius 1 is 1.64 bits per heavy atom. The van der Waals surface area contributed by atoms with Gasteiger partial charge in [-0.15, -0.1) is 0 Å². The molecule has 1 rings (SSSR count). The lowest BCUT2D eigenvalue weighted by Crippen LogP contribution is -2.20. The molecule has 2 nitrogen and oxygen atoms in total. The van der Waals surface area contributed by atoms with Crippen LogP contribution in [0.25, 0.3) is 0 Å². The quantitative estimate of drug-likeness (QED) is 0.674. The fourth-order valence-electron chi connectivity index (χ4n) is 1.48. The predicted molar refractivity (Wildman–Crippen MR) is 46.5 cm³/mol. The summed E-state index contributed by atoms with van der Waals surface area (Å²) in [5, 5.41) is 0. The normalized spacial score (nSPS) is 27.3. The molecule has 1 heterocycles. The molecule has 0 aromatic rings. The summed E-state index contributed by atoms with van der Waals surface area (Å²) >= 11 is 0. The fraction of sp³-hybridized carbons (Fsp3) is 1.00. The summed E-state index contributed by atoms with van der Waals surface area (Å²) in [6, 6.07) is 0.388. The van der Waals surface area contributed by atoms with Gasteiger partial charge in [0.1, 0.15) is 0 Å². The summed E-state index contributed by atoms with van der Waals surface area (Å²) in [7, 11) is 0. The van der Waals surface area contributed by atoms with Crippen LogP contribution in [0.2, 0.25) is 0 Å². The van der Waals surface area contributed by atoms with E-state index in [1.807, 2.05) is 0 Å². The number of nitrogens with two attached hydrogens (primary N) is 1. The van der Waals surface area contributed by atoms with Crippen LogP contribution in [0.1, 0.15) is 39.0 Å². The van der Waals surface area contributed by atoms with Gasteiger partial charge < -0.3 is 10.5 Å². The van der Waals surface area contributed by atoms with Crippen molar-refractivity contribution >= 4 is 0 Å². The zero-order chi connectivity index (χ0) is 8.10. The summed E-state index contributed by atoms with van der Waals surface area (Å²) in [5.41, 5.74) is 5.80. The average Bonchev–Trinajstić information content (AvgIpc) is 2.52. The summed E-state index contributed by atoms with van der Waals surface area (Å²) in [6.45, 7) is 3.10. The second kappa shape index (κ2) is 4.73. The van der Waals surface area contributed by atoms with E-state index in [1.54, 1.807) is 0 Å². The van der Waals surface area contributed by atoms with E-state index in [-0.39, 0.29) is 0 Å². The first kappa shape index (κ1) is 9.01. The maximum Gasteiger partial charge on any atom is 0.0576 e. The van der Waals surface area contributed by atoms with Crippen molar-refractivity contribution in [2.45, 2.75) is 51.2 Å². The molecule has 2 atom stereocenters. The van der Waals surface area contributed by atoms with Crippen molar-refractivity contribution in [3.8, 4) is 0 Å². The van der Waals surface area contributed by atoms with Crippen LogP contribution >= 0.6 is 0 Å². The highest BCUT2D eigenvalue weighted by molar-refractivity contribution is 4.68. The highest BCUT2D eigenvalue weighted by Gasteiger charge is 2.15. The molecule has 1 aliphatic rings. The maximum absolute atomic E-state index is 5.80. The van der Waals surface area contributed by atoms with Crippen LogP contribution in [-0.2, 0) is 4.74 Å². The van der Waals surface area contributed by atoms with E-state index in [0.717, 1.165) is 25.9 Å². The molecule has 1 saturated heterocycles. The standard InChI is InChI=1S/C9H19NO/c1-2-8(10)5-6-9-4-3-7-11-9/h8-9H,2-7,10H2,1H3. The van der Waals surface area contributed by atoms with E-state index >= 15 is 0 Å². The summed E-state index contributed by atoms with van der Waals surface area (Å²) in [6.07, 6.45) is 6.39. The van der Waals surface area contributed by atoms with Crippen LogP contribution in [0.4, 0.5) is 0 Å². The van der Waals surface area contributed by atoms with Gasteiger partial charge in [0.25, 0.3) is 0 Å². The minimum Gasteiger partial charge on any atom is -0.378 e. The van der Waals surface area contributed by atoms with Crippen molar-refractivity contribution in [2.75, 3.05) is 6.61 Å². The van der Waals surface area contributed by atoms with Crippen molar-refractivity contribution in [3.05, 3.63) is 0 Å². The van der Waals surface area contributed by atoms with Crippen LogP contribution in [0.15, 0.2) is 0 Å². The Morgan fingerprint density at radius 2 is 2.45 bits per heavy atom. The second-order valence-corrected chi connectivity index (χ2v) is 3.38. The minimum atomic E-state index is 0.388. The summed E-state index contributed by atoms with van der Waals surface area (Å²) in [5.74, 6) is 0. The molecule has 0 saturated carbocycles. The summed E-state index contributed by atoms with van der Waals surface area (Å²) in [4.78, 5) is 0. The lowest BCUT2D eigenvalue weighted by atomic mass is 10.1. The molecule has 2 heteroatoms. The first-order chi connectivity index (χ1) is 5.33. The third-order valence-corrected chi connectivity index (χ3v) is 2.41. The molecule has 0 amide bonds. The van der Waals surface area contributed by atoms with E-state index in [0.29, 0.717) is 12.1 Å². The molecule has 0 radical (unpaired) electrons. The summed E-state index contributed by atoms with van der Waals surface area (Å²) < 4.78 is 5.49. The average molecular weight is 157 g/mol. The van der Waals surface area contributed by atoms with Crippen LogP contribution < -0.4 is 5.73 Å². The van der Waals surface area contributed by atoms with Gasteiger partial charge >= 0.3 is 0 Å². The zero-order valence-corrected chi connectivity index (χ0v) is 7.38. The van der Waals surface area contributed by atoms with Crippen molar-refractivity contribution in [2.24, 2.45) is 5.73 Å². The van der Waals surface area contributed by atoms with Gasteiger partial charge in [0.15, 0.2) is 0 Å². The molecule has 2 N–H and O–H groups in total. The third kappa shape index (κ3) is 3.21. The van der Waals surface area contributed by atoms with Crippen LogP contribution in [-0.4, -0.2) is 18.8 Å². The van der Waals surface area contributed by atoms with Crippen molar-refractivity contribution in [1.29, 1.82) is 0 Å². The zero-order valence-electron chi connectivity index (χ0n) is 7.38. The number of rotatable bonds is 4. The first-order valence-corrected chi connectivity index (χ1v) is 4.70. The molecule has 66 valence electrons. The first-order valence-electron chi connectivity index (χ1n) is 4.70. The molecule has 2 unspecified atom stereocenters. The third-order valence-electron chi connectivity index (χ3n) is 2.41. The second-order valence-electron chi connectivity index (χ2n) is 3.38. The van der Waals surface area contributed by atoms with E-state index < -0.39 is 0 Å². The molecule has 11 heavy (non-hydrogen) atoms. The molecule has 0 aromatic heterocycles. The molecule has 0 aromatic carbocycles. The van der Waals surface area contributed by atoms with Crippen LogP contribution in [0.5, 0.6) is 0 Å². The Balaban J connectivity index is 2.01. The topological polar surface area (TPSA) is 35.2 Å². The van der Waals surface area contributed by atoms with Gasteiger partial charge in [0, 0.05) is 12.6 Å². The van der Waals surface area contributed by atoms with E-state index in [9.17, 15) is 0 Å². The maximum atomic E-state index is 5.80. The largest absolute Gasteiger partial charge is 0.378 e. The van der Waals surface area contributed by atoms with Crippen molar-refractivity contribution in [1.82, 2.24) is 0 Å². The monoisotopic (exact) mass is 157 g/mol. The lowest BCUT2D eigenvalue weighted by Gasteiger charge is -2.12. The van der Waals surface area contributed by atoms with Crippen LogP contribution in [0.3, 0.4) is 0 Å². The number of hydrogen-bond donors (Lipinski definition) is 1. The predicted octanol–water partition coefficient (Wildman–Crippen LogP) is 1.68. The molecule has 0 spiro atoms. The molecular weight excluding hydrogens is 138 g/mol. The highest BCUT2D eigenvalue weighted by Crippen LogP contribution is 2.17. The Hall–Kier alpha value is -0.0800. The van der Waals surface area contributed by atoms with E-state index in [4.69, 9.17) is 10.5 Å². The molecule has 0 bridgehead atoms. The van der Waals surface area contributed by atoms with Crippen molar-refractivity contribution < 1.29 is 4.74 Å². The number of ether oxygens (including phenoxy) is 1. The van der Waals surface area contributed by atoms with Gasteiger partial charge in [-0.25, -0.2) is 0 Å². The SMILES string of the molecule is CCC(N)CCC1CCCO1. The number of hydrogen-bond acceptors (Lipinski definition) is 2.